The molecule has 0 aliphatic carbocycles. The summed E-state index contributed by atoms with van der Waals surface area (Å²) in [6, 6.07) is 5.90. The van der Waals surface area contributed by atoms with Crippen molar-refractivity contribution in [2.24, 2.45) is 0 Å². The SMILES string of the molecule is CN1CCSCC1C(O)c1ccc2c(c1)OCCO2. The molecule has 0 bridgehead atoms. The predicted octanol–water partition coefficient (Wildman–Crippen LogP) is 1.54. The zero-order valence-corrected chi connectivity index (χ0v) is 11.9. The van der Waals surface area contributed by atoms with Crippen molar-refractivity contribution in [1.29, 1.82) is 0 Å². The van der Waals surface area contributed by atoms with E-state index in [2.05, 4.69) is 11.9 Å². The van der Waals surface area contributed by atoms with Crippen molar-refractivity contribution in [3.63, 3.8) is 0 Å². The van der Waals surface area contributed by atoms with E-state index in [1.54, 1.807) is 0 Å². The number of fused-ring (bicyclic) bond motifs is 1. The minimum Gasteiger partial charge on any atom is -0.486 e. The Kier molecular flexibility index (Phi) is 3.86. The van der Waals surface area contributed by atoms with Gasteiger partial charge in [-0.2, -0.15) is 11.8 Å². The molecule has 2 aliphatic heterocycles. The Morgan fingerprint density at radius 1 is 1.32 bits per heavy atom. The van der Waals surface area contributed by atoms with Gasteiger partial charge < -0.3 is 14.6 Å². The molecule has 104 valence electrons. The molecular weight excluding hydrogens is 262 g/mol. The second kappa shape index (κ2) is 5.61. The van der Waals surface area contributed by atoms with Crippen LogP contribution in [0.3, 0.4) is 0 Å². The Labute approximate surface area is 117 Å². The highest BCUT2D eigenvalue weighted by Gasteiger charge is 2.28. The van der Waals surface area contributed by atoms with Gasteiger partial charge in [0.25, 0.3) is 0 Å². The molecule has 0 spiro atoms. The summed E-state index contributed by atoms with van der Waals surface area (Å²) in [6.45, 7) is 2.19. The summed E-state index contributed by atoms with van der Waals surface area (Å²) in [5.41, 5.74) is 0.906. The van der Waals surface area contributed by atoms with Gasteiger partial charge in [-0.1, -0.05) is 6.07 Å². The third kappa shape index (κ3) is 2.68. The summed E-state index contributed by atoms with van der Waals surface area (Å²) < 4.78 is 11.1. The van der Waals surface area contributed by atoms with Crippen molar-refractivity contribution >= 4 is 11.8 Å². The average molecular weight is 281 g/mol. The fraction of sp³-hybridized carbons (Fsp3) is 0.571. The molecule has 4 nitrogen and oxygen atoms in total. The summed E-state index contributed by atoms with van der Waals surface area (Å²) in [6.07, 6.45) is -0.478. The molecule has 3 rings (SSSR count). The minimum atomic E-state index is -0.478. The van der Waals surface area contributed by atoms with Gasteiger partial charge in [0.15, 0.2) is 11.5 Å². The van der Waals surface area contributed by atoms with Crippen LogP contribution >= 0.6 is 11.8 Å². The van der Waals surface area contributed by atoms with Crippen molar-refractivity contribution in [3.8, 4) is 11.5 Å². The molecule has 1 N–H and O–H groups in total. The predicted molar refractivity (Wildman–Crippen MR) is 76.1 cm³/mol. The molecule has 19 heavy (non-hydrogen) atoms. The molecule has 1 aromatic rings. The first-order chi connectivity index (χ1) is 9.25. The van der Waals surface area contributed by atoms with Gasteiger partial charge in [-0.15, -0.1) is 0 Å². The van der Waals surface area contributed by atoms with E-state index in [1.165, 1.54) is 0 Å². The molecule has 2 atom stereocenters. The summed E-state index contributed by atoms with van der Waals surface area (Å²) in [5.74, 6) is 3.62. The van der Waals surface area contributed by atoms with E-state index in [9.17, 15) is 5.11 Å². The second-order valence-electron chi connectivity index (χ2n) is 4.97. The first-order valence-corrected chi connectivity index (χ1v) is 7.77. The van der Waals surface area contributed by atoms with E-state index in [0.29, 0.717) is 13.2 Å². The van der Waals surface area contributed by atoms with Crippen LogP contribution in [0.2, 0.25) is 0 Å². The van der Waals surface area contributed by atoms with Gasteiger partial charge in [0.1, 0.15) is 13.2 Å². The Morgan fingerprint density at radius 2 is 2.11 bits per heavy atom. The molecule has 5 heteroatoms. The van der Waals surface area contributed by atoms with E-state index in [0.717, 1.165) is 35.1 Å². The number of hydrogen-bond donors (Lipinski definition) is 1. The molecular formula is C14H19NO3S. The lowest BCUT2D eigenvalue weighted by molar-refractivity contribution is 0.0752. The smallest absolute Gasteiger partial charge is 0.161 e. The zero-order valence-electron chi connectivity index (χ0n) is 11.0. The maximum absolute atomic E-state index is 10.6. The molecule has 0 radical (unpaired) electrons. The monoisotopic (exact) mass is 281 g/mol. The Bertz CT molecular complexity index is 454. The van der Waals surface area contributed by atoms with Crippen molar-refractivity contribution in [1.82, 2.24) is 4.90 Å². The number of aliphatic hydroxyl groups is 1. The van der Waals surface area contributed by atoms with Crippen LogP contribution in [0.25, 0.3) is 0 Å². The highest BCUT2D eigenvalue weighted by molar-refractivity contribution is 7.99. The van der Waals surface area contributed by atoms with Crippen molar-refractivity contribution in [3.05, 3.63) is 23.8 Å². The van der Waals surface area contributed by atoms with Crippen LogP contribution in [0, 0.1) is 0 Å². The van der Waals surface area contributed by atoms with Crippen molar-refractivity contribution < 1.29 is 14.6 Å². The van der Waals surface area contributed by atoms with Crippen LogP contribution in [0.5, 0.6) is 11.5 Å². The van der Waals surface area contributed by atoms with Crippen LogP contribution in [-0.2, 0) is 0 Å². The molecule has 1 saturated heterocycles. The quantitative estimate of drug-likeness (QED) is 0.890. The van der Waals surface area contributed by atoms with Gasteiger partial charge in [-0.3, -0.25) is 4.90 Å². The highest BCUT2D eigenvalue weighted by atomic mass is 32.2. The van der Waals surface area contributed by atoms with Crippen LogP contribution in [0.4, 0.5) is 0 Å². The number of hydrogen-bond acceptors (Lipinski definition) is 5. The summed E-state index contributed by atoms with van der Waals surface area (Å²) >= 11 is 1.90. The fourth-order valence-corrected chi connectivity index (χ4v) is 3.77. The second-order valence-corrected chi connectivity index (χ2v) is 6.12. The number of rotatable bonds is 2. The number of likely N-dealkylation sites (N-methyl/N-ethyl adjacent to an activating group) is 1. The molecule has 2 heterocycles. The zero-order chi connectivity index (χ0) is 13.2. The first-order valence-electron chi connectivity index (χ1n) is 6.61. The lowest BCUT2D eigenvalue weighted by Gasteiger charge is -2.35. The Hall–Kier alpha value is -0.910. The largest absolute Gasteiger partial charge is 0.486 e. The highest BCUT2D eigenvalue weighted by Crippen LogP contribution is 2.35. The van der Waals surface area contributed by atoms with Crippen LogP contribution in [0.15, 0.2) is 18.2 Å². The molecule has 0 aromatic heterocycles. The normalized spacial score (nSPS) is 25.1. The van der Waals surface area contributed by atoms with Crippen molar-refractivity contribution in [2.45, 2.75) is 12.1 Å². The summed E-state index contributed by atoms with van der Waals surface area (Å²) in [7, 11) is 2.08. The van der Waals surface area contributed by atoms with Gasteiger partial charge in [0.05, 0.1) is 6.10 Å². The van der Waals surface area contributed by atoms with E-state index in [4.69, 9.17) is 9.47 Å². The van der Waals surface area contributed by atoms with Gasteiger partial charge in [0.2, 0.25) is 0 Å². The van der Waals surface area contributed by atoms with E-state index in [-0.39, 0.29) is 6.04 Å². The third-order valence-electron chi connectivity index (χ3n) is 3.72. The minimum absolute atomic E-state index is 0.168. The molecule has 0 saturated carbocycles. The topological polar surface area (TPSA) is 41.9 Å². The number of ether oxygens (including phenoxy) is 2. The van der Waals surface area contributed by atoms with Crippen LogP contribution in [-0.4, -0.2) is 54.4 Å². The van der Waals surface area contributed by atoms with Crippen molar-refractivity contribution in [2.75, 3.05) is 38.3 Å². The van der Waals surface area contributed by atoms with Gasteiger partial charge in [-0.25, -0.2) is 0 Å². The lowest BCUT2D eigenvalue weighted by Crippen LogP contribution is -2.43. The molecule has 0 amide bonds. The fourth-order valence-electron chi connectivity index (χ4n) is 2.50. The van der Waals surface area contributed by atoms with Crippen LogP contribution in [0.1, 0.15) is 11.7 Å². The molecule has 1 aromatic carbocycles. The van der Waals surface area contributed by atoms with Gasteiger partial charge in [0, 0.05) is 24.1 Å². The number of aliphatic hydroxyl groups excluding tert-OH is 1. The van der Waals surface area contributed by atoms with Gasteiger partial charge >= 0.3 is 0 Å². The van der Waals surface area contributed by atoms with E-state index in [1.807, 2.05) is 30.0 Å². The maximum atomic E-state index is 10.6. The first kappa shape index (κ1) is 13.1. The number of nitrogens with zero attached hydrogens (tertiary/aromatic N) is 1. The summed E-state index contributed by atoms with van der Waals surface area (Å²) in [5, 5.41) is 10.6. The Balaban J connectivity index is 1.80. The standard InChI is InChI=1S/C14H19NO3S/c1-15-4-7-19-9-11(15)14(16)10-2-3-12-13(8-10)18-6-5-17-12/h2-3,8,11,14,16H,4-7,9H2,1H3. The molecule has 2 aliphatic rings. The van der Waals surface area contributed by atoms with E-state index < -0.39 is 6.10 Å². The summed E-state index contributed by atoms with van der Waals surface area (Å²) in [4.78, 5) is 2.23. The van der Waals surface area contributed by atoms with E-state index >= 15 is 0 Å². The van der Waals surface area contributed by atoms with Crippen LogP contribution < -0.4 is 9.47 Å². The Morgan fingerprint density at radius 3 is 2.89 bits per heavy atom. The molecule has 1 fully saturated rings. The lowest BCUT2D eigenvalue weighted by atomic mass is 10.0. The maximum Gasteiger partial charge on any atom is 0.161 e. The molecule has 2 unspecified atom stereocenters. The average Bonchev–Trinajstić information content (AvgIpc) is 2.46. The third-order valence-corrected chi connectivity index (χ3v) is 4.76. The number of thioether (sulfide) groups is 1. The van der Waals surface area contributed by atoms with Gasteiger partial charge in [-0.05, 0) is 24.7 Å². The number of benzene rings is 1.